The van der Waals surface area contributed by atoms with Gasteiger partial charge < -0.3 is 5.73 Å². The van der Waals surface area contributed by atoms with E-state index in [-0.39, 0.29) is 5.41 Å². The molecule has 88 valence electrons. The van der Waals surface area contributed by atoms with Crippen LogP contribution in [0.1, 0.15) is 30.6 Å². The first-order valence-electron chi connectivity index (χ1n) is 5.60. The molecule has 1 aliphatic carbocycles. The van der Waals surface area contributed by atoms with Gasteiger partial charge >= 0.3 is 0 Å². The molecule has 1 aromatic heterocycles. The number of nitrogens with two attached hydrogens (primary N) is 1. The number of carbonyl (C=O) groups is 1. The molecule has 0 radical (unpaired) electrons. The molecule has 0 bridgehead atoms. The number of hydrogen-bond acceptors (Lipinski definition) is 3. The average molecular weight is 258 g/mol. The molecule has 4 heteroatoms. The Kier molecular flexibility index (Phi) is 3.67. The van der Waals surface area contributed by atoms with E-state index < -0.39 is 0 Å². The number of ketones is 1. The van der Waals surface area contributed by atoms with Gasteiger partial charge in [0.25, 0.3) is 0 Å². The third-order valence-corrected chi connectivity index (χ3v) is 4.65. The molecule has 1 saturated carbocycles. The van der Waals surface area contributed by atoms with Crippen LogP contribution in [0.4, 0.5) is 0 Å². The van der Waals surface area contributed by atoms with Crippen LogP contribution in [-0.4, -0.2) is 12.3 Å². The predicted octanol–water partition coefficient (Wildman–Crippen LogP) is 3.03. The zero-order valence-electron chi connectivity index (χ0n) is 9.17. The smallest absolute Gasteiger partial charge is 0.138 e. The Bertz CT molecular complexity index is 379. The molecule has 0 atom stereocenters. The third kappa shape index (κ3) is 2.65. The van der Waals surface area contributed by atoms with Crippen molar-refractivity contribution < 1.29 is 4.79 Å². The van der Waals surface area contributed by atoms with Crippen LogP contribution in [0.25, 0.3) is 0 Å². The fraction of sp³-hybridized carbons (Fsp3) is 0.583. The standard InChI is InChI=1S/C12H16ClNOS/c13-11-3-2-10(16-11)6-9(15)7-12(8-14)4-1-5-12/h2-3H,1,4-8,14H2. The SMILES string of the molecule is NCC1(CC(=O)Cc2ccc(Cl)s2)CCC1. The molecule has 0 amide bonds. The fourth-order valence-electron chi connectivity index (χ4n) is 2.25. The lowest BCUT2D eigenvalue weighted by Crippen LogP contribution is -2.39. The second kappa shape index (κ2) is 4.86. The molecule has 0 aromatic carbocycles. The molecule has 1 aliphatic rings. The molecule has 0 aliphatic heterocycles. The highest BCUT2D eigenvalue weighted by Gasteiger charge is 2.37. The van der Waals surface area contributed by atoms with E-state index in [2.05, 4.69) is 0 Å². The summed E-state index contributed by atoms with van der Waals surface area (Å²) in [4.78, 5) is 13.0. The number of carbonyl (C=O) groups excluding carboxylic acids is 1. The minimum Gasteiger partial charge on any atom is -0.330 e. The largest absolute Gasteiger partial charge is 0.330 e. The van der Waals surface area contributed by atoms with E-state index in [1.54, 1.807) is 0 Å². The lowest BCUT2D eigenvalue weighted by Gasteiger charge is -2.40. The van der Waals surface area contributed by atoms with Crippen molar-refractivity contribution in [3.8, 4) is 0 Å². The van der Waals surface area contributed by atoms with E-state index in [9.17, 15) is 4.79 Å². The summed E-state index contributed by atoms with van der Waals surface area (Å²) in [6, 6.07) is 3.78. The monoisotopic (exact) mass is 257 g/mol. The van der Waals surface area contributed by atoms with Crippen molar-refractivity contribution >= 4 is 28.7 Å². The van der Waals surface area contributed by atoms with Crippen molar-refractivity contribution in [3.05, 3.63) is 21.3 Å². The van der Waals surface area contributed by atoms with Gasteiger partial charge in [0.15, 0.2) is 0 Å². The molecule has 2 rings (SSSR count). The number of Topliss-reactive ketones (excluding diaryl/α,β-unsaturated/α-hetero) is 1. The molecule has 0 spiro atoms. The van der Waals surface area contributed by atoms with Crippen molar-refractivity contribution in [1.82, 2.24) is 0 Å². The first-order chi connectivity index (χ1) is 7.63. The van der Waals surface area contributed by atoms with Crippen molar-refractivity contribution in [1.29, 1.82) is 0 Å². The molecule has 16 heavy (non-hydrogen) atoms. The summed E-state index contributed by atoms with van der Waals surface area (Å²) in [5.41, 5.74) is 5.87. The van der Waals surface area contributed by atoms with Gasteiger partial charge in [-0.15, -0.1) is 11.3 Å². The summed E-state index contributed by atoms with van der Waals surface area (Å²) in [5, 5.41) is 0. The maximum atomic E-state index is 11.9. The van der Waals surface area contributed by atoms with Gasteiger partial charge in [0.1, 0.15) is 5.78 Å². The predicted molar refractivity (Wildman–Crippen MR) is 68.0 cm³/mol. The number of halogens is 1. The van der Waals surface area contributed by atoms with Gasteiger partial charge in [-0.1, -0.05) is 18.0 Å². The van der Waals surface area contributed by atoms with Gasteiger partial charge in [-0.2, -0.15) is 0 Å². The van der Waals surface area contributed by atoms with E-state index in [0.717, 1.165) is 22.1 Å². The second-order valence-electron chi connectivity index (χ2n) is 4.66. The van der Waals surface area contributed by atoms with Gasteiger partial charge in [0.2, 0.25) is 0 Å². The number of hydrogen-bond donors (Lipinski definition) is 1. The van der Waals surface area contributed by atoms with Crippen LogP contribution in [0.5, 0.6) is 0 Å². The summed E-state index contributed by atoms with van der Waals surface area (Å²) in [7, 11) is 0. The van der Waals surface area contributed by atoms with Crippen molar-refractivity contribution in [2.24, 2.45) is 11.1 Å². The topological polar surface area (TPSA) is 43.1 Å². The highest BCUT2D eigenvalue weighted by molar-refractivity contribution is 7.16. The molecule has 1 fully saturated rings. The van der Waals surface area contributed by atoms with Gasteiger partial charge in [-0.05, 0) is 36.9 Å². The Hall–Kier alpha value is -0.380. The first kappa shape index (κ1) is 12.1. The van der Waals surface area contributed by atoms with Crippen LogP contribution in [0.3, 0.4) is 0 Å². The minimum absolute atomic E-state index is 0.123. The Labute approximate surface area is 105 Å². The summed E-state index contributed by atoms with van der Waals surface area (Å²) < 4.78 is 0.750. The van der Waals surface area contributed by atoms with Crippen molar-refractivity contribution in [2.75, 3.05) is 6.54 Å². The minimum atomic E-state index is 0.123. The molecule has 1 heterocycles. The van der Waals surface area contributed by atoms with Crippen LogP contribution >= 0.6 is 22.9 Å². The maximum absolute atomic E-state index is 11.9. The molecule has 2 N–H and O–H groups in total. The second-order valence-corrected chi connectivity index (χ2v) is 6.46. The zero-order valence-corrected chi connectivity index (χ0v) is 10.7. The maximum Gasteiger partial charge on any atom is 0.138 e. The third-order valence-electron chi connectivity index (χ3n) is 3.42. The van der Waals surface area contributed by atoms with E-state index in [4.69, 9.17) is 17.3 Å². The molecular formula is C12H16ClNOS. The van der Waals surface area contributed by atoms with Crippen LogP contribution in [0.15, 0.2) is 12.1 Å². The van der Waals surface area contributed by atoms with Gasteiger partial charge in [0, 0.05) is 17.7 Å². The van der Waals surface area contributed by atoms with E-state index in [0.29, 0.717) is 25.2 Å². The fourth-order valence-corrected chi connectivity index (χ4v) is 3.37. The summed E-state index contributed by atoms with van der Waals surface area (Å²) >= 11 is 7.32. The van der Waals surface area contributed by atoms with Crippen LogP contribution < -0.4 is 5.73 Å². The molecule has 2 nitrogen and oxygen atoms in total. The summed E-state index contributed by atoms with van der Waals surface area (Å²) in [6.07, 6.45) is 4.59. The highest BCUT2D eigenvalue weighted by atomic mass is 35.5. The molecule has 0 unspecified atom stereocenters. The van der Waals surface area contributed by atoms with Crippen LogP contribution in [0.2, 0.25) is 4.34 Å². The Balaban J connectivity index is 1.89. The highest BCUT2D eigenvalue weighted by Crippen LogP contribution is 2.43. The van der Waals surface area contributed by atoms with Gasteiger partial charge in [-0.25, -0.2) is 0 Å². The summed E-state index contributed by atoms with van der Waals surface area (Å²) in [5.74, 6) is 0.295. The lowest BCUT2D eigenvalue weighted by atomic mass is 9.66. The first-order valence-corrected chi connectivity index (χ1v) is 6.79. The van der Waals surface area contributed by atoms with Crippen molar-refractivity contribution in [3.63, 3.8) is 0 Å². The lowest BCUT2D eigenvalue weighted by molar-refractivity contribution is -0.121. The Morgan fingerprint density at radius 3 is 2.69 bits per heavy atom. The van der Waals surface area contributed by atoms with Crippen molar-refractivity contribution in [2.45, 2.75) is 32.1 Å². The van der Waals surface area contributed by atoms with Gasteiger partial charge in [0.05, 0.1) is 4.34 Å². The van der Waals surface area contributed by atoms with E-state index in [1.807, 2.05) is 12.1 Å². The molecule has 1 aromatic rings. The quantitative estimate of drug-likeness (QED) is 0.881. The number of rotatable bonds is 5. The van der Waals surface area contributed by atoms with E-state index in [1.165, 1.54) is 17.8 Å². The van der Waals surface area contributed by atoms with Crippen LogP contribution in [-0.2, 0) is 11.2 Å². The Morgan fingerprint density at radius 2 is 2.25 bits per heavy atom. The molecular weight excluding hydrogens is 242 g/mol. The molecule has 0 saturated heterocycles. The summed E-state index contributed by atoms with van der Waals surface area (Å²) in [6.45, 7) is 0.643. The van der Waals surface area contributed by atoms with E-state index >= 15 is 0 Å². The zero-order chi connectivity index (χ0) is 11.6. The van der Waals surface area contributed by atoms with Gasteiger partial charge in [-0.3, -0.25) is 4.79 Å². The normalized spacial score (nSPS) is 18.1. The average Bonchev–Trinajstić information content (AvgIpc) is 2.57. The Morgan fingerprint density at radius 1 is 1.50 bits per heavy atom. The van der Waals surface area contributed by atoms with Crippen LogP contribution in [0, 0.1) is 5.41 Å². The number of thiophene rings is 1.